The van der Waals surface area contributed by atoms with E-state index >= 15 is 0 Å². The molecule has 0 spiro atoms. The summed E-state index contributed by atoms with van der Waals surface area (Å²) < 4.78 is 12.1. The van der Waals surface area contributed by atoms with Crippen molar-refractivity contribution >= 4 is 28.8 Å². The lowest BCUT2D eigenvalue weighted by Crippen LogP contribution is -2.36. The molecular formula is C21H30N4O4. The second-order valence-corrected chi connectivity index (χ2v) is 9.37. The van der Waals surface area contributed by atoms with E-state index in [1.54, 1.807) is 11.1 Å². The zero-order chi connectivity index (χ0) is 21.4. The minimum Gasteiger partial charge on any atom is -0.444 e. The van der Waals surface area contributed by atoms with E-state index in [2.05, 4.69) is 10.4 Å². The molecule has 29 heavy (non-hydrogen) atoms. The van der Waals surface area contributed by atoms with Gasteiger partial charge in [0.25, 0.3) is 0 Å². The Labute approximate surface area is 171 Å². The standard InChI is InChI=1S/C21H30N4O4/c1-20(2,3)28-18(26)24-10-9-16(13-24)23-15-7-8-17-14(11-15)12-22-25(17)19(27)29-21(4,5)6/h7-8,11-12,16,23H,9-10,13H2,1-6H3. The predicted molar refractivity (Wildman–Crippen MR) is 111 cm³/mol. The molecule has 1 atom stereocenters. The van der Waals surface area contributed by atoms with Crippen molar-refractivity contribution in [3.63, 3.8) is 0 Å². The number of ether oxygens (including phenoxy) is 2. The Hall–Kier alpha value is -2.77. The number of rotatable bonds is 2. The van der Waals surface area contributed by atoms with Gasteiger partial charge in [-0.15, -0.1) is 0 Å². The minimum atomic E-state index is -0.584. The van der Waals surface area contributed by atoms with E-state index in [9.17, 15) is 9.59 Å². The van der Waals surface area contributed by atoms with Crippen molar-refractivity contribution < 1.29 is 19.1 Å². The molecule has 0 saturated carbocycles. The molecule has 1 aliphatic rings. The van der Waals surface area contributed by atoms with Crippen molar-refractivity contribution in [2.24, 2.45) is 0 Å². The molecule has 0 radical (unpaired) electrons. The van der Waals surface area contributed by atoms with Crippen LogP contribution in [0.4, 0.5) is 15.3 Å². The number of amides is 1. The third-order valence-corrected chi connectivity index (χ3v) is 4.35. The van der Waals surface area contributed by atoms with E-state index < -0.39 is 17.3 Å². The smallest absolute Gasteiger partial charge is 0.435 e. The summed E-state index contributed by atoms with van der Waals surface area (Å²) in [5.74, 6) is 0. The Morgan fingerprint density at radius 1 is 1.07 bits per heavy atom. The zero-order valence-corrected chi connectivity index (χ0v) is 18.0. The van der Waals surface area contributed by atoms with Gasteiger partial charge >= 0.3 is 12.2 Å². The van der Waals surface area contributed by atoms with Crippen LogP contribution in [-0.4, -0.2) is 57.2 Å². The van der Waals surface area contributed by atoms with Crippen LogP contribution >= 0.6 is 0 Å². The van der Waals surface area contributed by atoms with E-state index in [4.69, 9.17) is 9.47 Å². The first-order chi connectivity index (χ1) is 13.4. The van der Waals surface area contributed by atoms with Crippen molar-refractivity contribution in [3.8, 4) is 0 Å². The van der Waals surface area contributed by atoms with Crippen molar-refractivity contribution in [3.05, 3.63) is 24.4 Å². The highest BCUT2D eigenvalue weighted by Crippen LogP contribution is 2.23. The van der Waals surface area contributed by atoms with Gasteiger partial charge in [0, 0.05) is 30.2 Å². The number of carbonyl (C=O) groups is 2. The second kappa shape index (κ2) is 7.57. The molecule has 1 aromatic heterocycles. The predicted octanol–water partition coefficient (Wildman–Crippen LogP) is 4.24. The fourth-order valence-corrected chi connectivity index (χ4v) is 3.18. The van der Waals surface area contributed by atoms with E-state index in [-0.39, 0.29) is 12.1 Å². The number of likely N-dealkylation sites (tertiary alicyclic amines) is 1. The minimum absolute atomic E-state index is 0.140. The van der Waals surface area contributed by atoms with Crippen LogP contribution in [0.1, 0.15) is 48.0 Å². The van der Waals surface area contributed by atoms with Gasteiger partial charge in [-0.3, -0.25) is 0 Å². The molecule has 1 fully saturated rings. The Bertz CT molecular complexity index is 908. The van der Waals surface area contributed by atoms with Crippen LogP contribution < -0.4 is 5.32 Å². The lowest BCUT2D eigenvalue weighted by atomic mass is 10.2. The van der Waals surface area contributed by atoms with Gasteiger partial charge in [0.1, 0.15) is 11.2 Å². The van der Waals surface area contributed by atoms with Gasteiger partial charge in [-0.1, -0.05) is 0 Å². The summed E-state index contributed by atoms with van der Waals surface area (Å²) in [6, 6.07) is 5.83. The van der Waals surface area contributed by atoms with Crippen LogP contribution in [-0.2, 0) is 9.47 Å². The number of aromatic nitrogens is 2. The first kappa shape index (κ1) is 21.0. The topological polar surface area (TPSA) is 85.7 Å². The summed E-state index contributed by atoms with van der Waals surface area (Å²) in [7, 11) is 0. The number of hydrogen-bond donors (Lipinski definition) is 1. The number of benzene rings is 1. The van der Waals surface area contributed by atoms with Crippen molar-refractivity contribution in [2.45, 2.75) is 65.2 Å². The van der Waals surface area contributed by atoms with Gasteiger partial charge in [0.05, 0.1) is 11.7 Å². The summed E-state index contributed by atoms with van der Waals surface area (Å²) in [5.41, 5.74) is 0.519. The zero-order valence-electron chi connectivity index (χ0n) is 18.0. The van der Waals surface area contributed by atoms with Crippen LogP contribution in [0.5, 0.6) is 0 Å². The van der Waals surface area contributed by atoms with Crippen LogP contribution in [0.3, 0.4) is 0 Å². The largest absolute Gasteiger partial charge is 0.444 e. The average molecular weight is 402 g/mol. The molecule has 1 unspecified atom stereocenters. The molecule has 1 N–H and O–H groups in total. The molecule has 0 bridgehead atoms. The molecule has 2 heterocycles. The lowest BCUT2D eigenvalue weighted by molar-refractivity contribution is 0.0293. The van der Waals surface area contributed by atoms with Gasteiger partial charge < -0.3 is 19.7 Å². The Morgan fingerprint density at radius 3 is 2.38 bits per heavy atom. The Kier molecular flexibility index (Phi) is 5.47. The fourth-order valence-electron chi connectivity index (χ4n) is 3.18. The SMILES string of the molecule is CC(C)(C)OC(=O)N1CCC(Nc2ccc3c(cnn3C(=O)OC(C)(C)C)c2)C1. The first-order valence-corrected chi connectivity index (χ1v) is 9.87. The molecule has 158 valence electrons. The number of hydrogen-bond acceptors (Lipinski definition) is 6. The molecule has 1 aliphatic heterocycles. The van der Waals surface area contributed by atoms with Crippen LogP contribution in [0, 0.1) is 0 Å². The van der Waals surface area contributed by atoms with Gasteiger partial charge in [-0.2, -0.15) is 9.78 Å². The van der Waals surface area contributed by atoms with E-state index in [0.717, 1.165) is 17.5 Å². The number of carbonyl (C=O) groups excluding carboxylic acids is 2. The molecule has 8 nitrogen and oxygen atoms in total. The van der Waals surface area contributed by atoms with Crippen molar-refractivity contribution in [1.29, 1.82) is 0 Å². The van der Waals surface area contributed by atoms with E-state index in [0.29, 0.717) is 18.6 Å². The summed E-state index contributed by atoms with van der Waals surface area (Å²) in [6.07, 6.45) is 1.70. The summed E-state index contributed by atoms with van der Waals surface area (Å²) in [5, 5.41) is 8.46. The first-order valence-electron chi connectivity index (χ1n) is 9.87. The normalized spacial score (nSPS) is 17.4. The molecule has 1 amide bonds. The second-order valence-electron chi connectivity index (χ2n) is 9.37. The van der Waals surface area contributed by atoms with Gasteiger partial charge in [-0.25, -0.2) is 9.59 Å². The third kappa shape index (κ3) is 5.40. The van der Waals surface area contributed by atoms with Gasteiger partial charge in [-0.05, 0) is 66.2 Å². The fraction of sp³-hybridized carbons (Fsp3) is 0.571. The van der Waals surface area contributed by atoms with Crippen LogP contribution in [0.15, 0.2) is 24.4 Å². The number of fused-ring (bicyclic) bond motifs is 1. The Balaban J connectivity index is 1.65. The number of anilines is 1. The molecular weight excluding hydrogens is 372 g/mol. The summed E-state index contributed by atoms with van der Waals surface area (Å²) in [6.45, 7) is 12.3. The third-order valence-electron chi connectivity index (χ3n) is 4.35. The monoisotopic (exact) mass is 402 g/mol. The van der Waals surface area contributed by atoms with E-state index in [1.165, 1.54) is 4.68 Å². The number of nitrogens with zero attached hydrogens (tertiary/aromatic N) is 3. The average Bonchev–Trinajstić information content (AvgIpc) is 3.18. The highest BCUT2D eigenvalue weighted by molar-refractivity contribution is 5.89. The Morgan fingerprint density at radius 2 is 1.72 bits per heavy atom. The maximum atomic E-state index is 12.3. The summed E-state index contributed by atoms with van der Waals surface area (Å²) >= 11 is 0. The maximum absolute atomic E-state index is 12.3. The van der Waals surface area contributed by atoms with Crippen LogP contribution in [0.25, 0.3) is 10.9 Å². The highest BCUT2D eigenvalue weighted by Gasteiger charge is 2.29. The molecule has 1 aromatic carbocycles. The van der Waals surface area contributed by atoms with Crippen molar-refractivity contribution in [2.75, 3.05) is 18.4 Å². The molecule has 8 heteroatoms. The molecule has 2 aromatic rings. The van der Waals surface area contributed by atoms with Gasteiger partial charge in [0.15, 0.2) is 0 Å². The molecule has 1 saturated heterocycles. The maximum Gasteiger partial charge on any atom is 0.435 e. The quantitative estimate of drug-likeness (QED) is 0.809. The molecule has 0 aliphatic carbocycles. The van der Waals surface area contributed by atoms with E-state index in [1.807, 2.05) is 59.7 Å². The van der Waals surface area contributed by atoms with Crippen molar-refractivity contribution in [1.82, 2.24) is 14.7 Å². The van der Waals surface area contributed by atoms with Gasteiger partial charge in [0.2, 0.25) is 0 Å². The highest BCUT2D eigenvalue weighted by atomic mass is 16.6. The lowest BCUT2D eigenvalue weighted by Gasteiger charge is -2.24. The summed E-state index contributed by atoms with van der Waals surface area (Å²) in [4.78, 5) is 26.3. The van der Waals surface area contributed by atoms with Crippen LogP contribution in [0.2, 0.25) is 0 Å². The molecule has 3 rings (SSSR count). The number of nitrogens with one attached hydrogen (secondary N) is 1.